The van der Waals surface area contributed by atoms with Crippen molar-refractivity contribution in [2.24, 2.45) is 0 Å². The second-order valence-corrected chi connectivity index (χ2v) is 12.0. The van der Waals surface area contributed by atoms with Gasteiger partial charge in [0.1, 0.15) is 0 Å². The summed E-state index contributed by atoms with van der Waals surface area (Å²) in [7, 11) is 6.27. The van der Waals surface area contributed by atoms with E-state index in [1.165, 1.54) is 109 Å². The number of hydrogen-bond donors (Lipinski definition) is 1. The summed E-state index contributed by atoms with van der Waals surface area (Å²) >= 11 is 0. The summed E-state index contributed by atoms with van der Waals surface area (Å²) in [6.07, 6.45) is 28.1. The molecule has 5 heteroatoms. The molecular formula is C32H66N4O. The lowest BCUT2D eigenvalue weighted by Crippen LogP contribution is -2.50. The maximum Gasteiger partial charge on any atom is 0.319 e. The molecule has 37 heavy (non-hydrogen) atoms. The van der Waals surface area contributed by atoms with E-state index < -0.39 is 0 Å². The van der Waals surface area contributed by atoms with Crippen molar-refractivity contribution in [2.45, 2.75) is 148 Å². The standard InChI is InChI=1S/C32H66N4O/c1-5-6-7-8-9-10-11-12-13-14-15-16-17-18-19-21-29-35(4)32(37)36-30-22-20-24-31(36)25-27-33-26-23-28-34(2)3/h31,33H,5-30H2,1-4H3. The van der Waals surface area contributed by atoms with Gasteiger partial charge in [0.15, 0.2) is 0 Å². The third-order valence-corrected chi connectivity index (χ3v) is 8.16. The maximum atomic E-state index is 13.1. The highest BCUT2D eigenvalue weighted by molar-refractivity contribution is 5.74. The van der Waals surface area contributed by atoms with E-state index in [9.17, 15) is 4.79 Å². The predicted molar refractivity (Wildman–Crippen MR) is 163 cm³/mol. The van der Waals surface area contributed by atoms with E-state index in [0.29, 0.717) is 6.04 Å². The van der Waals surface area contributed by atoms with E-state index in [4.69, 9.17) is 0 Å². The molecule has 1 aliphatic heterocycles. The molecule has 0 spiro atoms. The van der Waals surface area contributed by atoms with Crippen molar-refractivity contribution >= 4 is 6.03 Å². The zero-order chi connectivity index (χ0) is 27.0. The lowest BCUT2D eigenvalue weighted by atomic mass is 9.99. The predicted octanol–water partition coefficient (Wildman–Crippen LogP) is 8.09. The molecule has 5 nitrogen and oxygen atoms in total. The largest absolute Gasteiger partial charge is 0.328 e. The molecule has 1 atom stereocenters. The highest BCUT2D eigenvalue weighted by Crippen LogP contribution is 2.21. The van der Waals surface area contributed by atoms with Crippen LogP contribution in [0.5, 0.6) is 0 Å². The number of carbonyl (C=O) groups excluding carboxylic acids is 1. The van der Waals surface area contributed by atoms with Crippen molar-refractivity contribution in [3.63, 3.8) is 0 Å². The number of piperidine rings is 1. The number of unbranched alkanes of at least 4 members (excludes halogenated alkanes) is 15. The number of hydrogen-bond acceptors (Lipinski definition) is 3. The first-order chi connectivity index (χ1) is 18.1. The minimum Gasteiger partial charge on any atom is -0.328 e. The normalized spacial score (nSPS) is 16.0. The van der Waals surface area contributed by atoms with Gasteiger partial charge in [-0.05, 0) is 72.3 Å². The van der Waals surface area contributed by atoms with E-state index in [-0.39, 0.29) is 6.03 Å². The molecule has 1 fully saturated rings. The van der Waals surface area contributed by atoms with E-state index in [2.05, 4.69) is 36.1 Å². The highest BCUT2D eigenvalue weighted by Gasteiger charge is 2.28. The van der Waals surface area contributed by atoms with Crippen molar-refractivity contribution in [2.75, 3.05) is 53.9 Å². The number of likely N-dealkylation sites (tertiary alicyclic amines) is 1. The summed E-state index contributed by atoms with van der Waals surface area (Å²) in [5.41, 5.74) is 0. The first-order valence-electron chi connectivity index (χ1n) is 16.4. The third-order valence-electron chi connectivity index (χ3n) is 8.16. The SMILES string of the molecule is CCCCCCCCCCCCCCCCCCN(C)C(=O)N1CCCCC1CCNCCCN(C)C. The molecule has 220 valence electrons. The summed E-state index contributed by atoms with van der Waals surface area (Å²) in [5, 5.41) is 3.58. The fraction of sp³-hybridized carbons (Fsp3) is 0.969. The number of nitrogens with zero attached hydrogens (tertiary/aromatic N) is 3. The number of rotatable bonds is 24. The number of nitrogens with one attached hydrogen (secondary N) is 1. The molecule has 0 aromatic rings. The quantitative estimate of drug-likeness (QED) is 0.130. The van der Waals surface area contributed by atoms with Crippen LogP contribution in [0.25, 0.3) is 0 Å². The lowest BCUT2D eigenvalue weighted by molar-refractivity contribution is 0.118. The van der Waals surface area contributed by atoms with Crippen LogP contribution in [-0.2, 0) is 0 Å². The fourth-order valence-corrected chi connectivity index (χ4v) is 5.68. The van der Waals surface area contributed by atoms with Crippen LogP contribution in [0.4, 0.5) is 4.79 Å². The lowest BCUT2D eigenvalue weighted by Gasteiger charge is -2.38. The summed E-state index contributed by atoms with van der Waals surface area (Å²) in [4.78, 5) is 19.5. The highest BCUT2D eigenvalue weighted by atomic mass is 16.2. The van der Waals surface area contributed by atoms with E-state index >= 15 is 0 Å². The van der Waals surface area contributed by atoms with E-state index in [1.54, 1.807) is 0 Å². The second kappa shape index (κ2) is 24.2. The van der Waals surface area contributed by atoms with Crippen molar-refractivity contribution in [3.05, 3.63) is 0 Å². The Morgan fingerprint density at radius 3 is 1.78 bits per heavy atom. The molecule has 1 heterocycles. The molecular weight excluding hydrogens is 456 g/mol. The molecule has 1 rings (SSSR count). The van der Waals surface area contributed by atoms with Gasteiger partial charge in [-0.25, -0.2) is 4.79 Å². The summed E-state index contributed by atoms with van der Waals surface area (Å²) in [5.74, 6) is 0. The van der Waals surface area contributed by atoms with Crippen LogP contribution in [0.15, 0.2) is 0 Å². The first kappa shape index (κ1) is 34.2. The van der Waals surface area contributed by atoms with Gasteiger partial charge in [0.25, 0.3) is 0 Å². The molecule has 0 bridgehead atoms. The third kappa shape index (κ3) is 19.0. The Balaban J connectivity index is 2.00. The number of amides is 2. The Hall–Kier alpha value is -0.810. The molecule has 0 aliphatic carbocycles. The van der Waals surface area contributed by atoms with Gasteiger partial charge in [0.2, 0.25) is 0 Å². The number of carbonyl (C=O) groups is 1. The van der Waals surface area contributed by atoms with Gasteiger partial charge in [-0.1, -0.05) is 103 Å². The maximum absolute atomic E-state index is 13.1. The van der Waals surface area contributed by atoms with Crippen molar-refractivity contribution < 1.29 is 4.79 Å². The molecule has 0 radical (unpaired) electrons. The Kier molecular flexibility index (Phi) is 22.4. The average molecular weight is 523 g/mol. The Bertz CT molecular complexity index is 513. The Labute approximate surface area is 232 Å². The molecule has 1 unspecified atom stereocenters. The van der Waals surface area contributed by atoms with Crippen LogP contribution in [0, 0.1) is 0 Å². The Morgan fingerprint density at radius 2 is 1.24 bits per heavy atom. The topological polar surface area (TPSA) is 38.8 Å². The van der Waals surface area contributed by atoms with Crippen molar-refractivity contribution in [1.82, 2.24) is 20.0 Å². The summed E-state index contributed by atoms with van der Waals surface area (Å²) in [6.45, 7) is 7.35. The van der Waals surface area contributed by atoms with E-state index in [0.717, 1.165) is 58.4 Å². The number of urea groups is 1. The van der Waals surface area contributed by atoms with Gasteiger partial charge in [-0.2, -0.15) is 0 Å². The van der Waals surface area contributed by atoms with Gasteiger partial charge < -0.3 is 20.0 Å². The molecule has 1 aliphatic rings. The molecule has 1 saturated heterocycles. The minimum atomic E-state index is 0.262. The molecule has 2 amide bonds. The monoisotopic (exact) mass is 523 g/mol. The van der Waals surface area contributed by atoms with Gasteiger partial charge in [0.05, 0.1) is 0 Å². The van der Waals surface area contributed by atoms with Gasteiger partial charge in [0, 0.05) is 26.2 Å². The smallest absolute Gasteiger partial charge is 0.319 e. The molecule has 0 aromatic heterocycles. The average Bonchev–Trinajstić information content (AvgIpc) is 2.90. The van der Waals surface area contributed by atoms with Crippen LogP contribution in [0.1, 0.15) is 142 Å². The van der Waals surface area contributed by atoms with E-state index in [1.807, 2.05) is 11.9 Å². The molecule has 0 saturated carbocycles. The van der Waals surface area contributed by atoms with Crippen LogP contribution in [0.2, 0.25) is 0 Å². The first-order valence-corrected chi connectivity index (χ1v) is 16.4. The summed E-state index contributed by atoms with van der Waals surface area (Å²) < 4.78 is 0. The Morgan fingerprint density at radius 1 is 0.703 bits per heavy atom. The van der Waals surface area contributed by atoms with Crippen LogP contribution >= 0.6 is 0 Å². The summed E-state index contributed by atoms with van der Waals surface area (Å²) in [6, 6.07) is 0.675. The molecule has 0 aromatic carbocycles. The fourth-order valence-electron chi connectivity index (χ4n) is 5.68. The van der Waals surface area contributed by atoms with Gasteiger partial charge in [-0.15, -0.1) is 0 Å². The molecule has 1 N–H and O–H groups in total. The zero-order valence-corrected chi connectivity index (χ0v) is 25.7. The van der Waals surface area contributed by atoms with Crippen molar-refractivity contribution in [1.29, 1.82) is 0 Å². The van der Waals surface area contributed by atoms with Crippen LogP contribution < -0.4 is 5.32 Å². The van der Waals surface area contributed by atoms with Gasteiger partial charge in [-0.3, -0.25) is 0 Å². The zero-order valence-electron chi connectivity index (χ0n) is 25.7. The van der Waals surface area contributed by atoms with Crippen LogP contribution in [0.3, 0.4) is 0 Å². The minimum absolute atomic E-state index is 0.262. The second-order valence-electron chi connectivity index (χ2n) is 12.0. The van der Waals surface area contributed by atoms with Crippen molar-refractivity contribution in [3.8, 4) is 0 Å². The van der Waals surface area contributed by atoms with Gasteiger partial charge >= 0.3 is 6.03 Å². The van der Waals surface area contributed by atoms with Crippen LogP contribution in [-0.4, -0.2) is 80.6 Å².